The van der Waals surface area contributed by atoms with E-state index >= 15 is 0 Å². The molecule has 0 aliphatic heterocycles. The molecule has 0 N–H and O–H groups in total. The number of benzene rings is 1. The molecule has 0 radical (unpaired) electrons. The molecule has 0 bridgehead atoms. The summed E-state index contributed by atoms with van der Waals surface area (Å²) in [5, 5.41) is 5.70. The zero-order valence-corrected chi connectivity index (χ0v) is 21.1. The molecule has 1 heterocycles. The van der Waals surface area contributed by atoms with Gasteiger partial charge in [-0.25, -0.2) is 12.8 Å². The molecule has 6 nitrogen and oxygen atoms in total. The third kappa shape index (κ3) is 5.22. The zero-order chi connectivity index (χ0) is 24.4. The van der Waals surface area contributed by atoms with E-state index in [1.54, 1.807) is 18.2 Å². The van der Waals surface area contributed by atoms with Crippen molar-refractivity contribution in [2.75, 3.05) is 31.1 Å². The van der Waals surface area contributed by atoms with E-state index in [0.29, 0.717) is 19.5 Å². The number of fused-ring (bicyclic) bond motifs is 1. The van der Waals surface area contributed by atoms with Crippen LogP contribution in [0.4, 0.5) is 10.2 Å². The molecule has 1 atom stereocenters. The number of sulfonamides is 1. The summed E-state index contributed by atoms with van der Waals surface area (Å²) in [5.74, 6) is 0.548. The van der Waals surface area contributed by atoms with Crippen LogP contribution in [0.3, 0.4) is 0 Å². The van der Waals surface area contributed by atoms with E-state index < -0.39 is 10.0 Å². The highest BCUT2D eigenvalue weighted by Crippen LogP contribution is 2.35. The second-order valence-electron chi connectivity index (χ2n) is 9.00. The summed E-state index contributed by atoms with van der Waals surface area (Å²) < 4.78 is 43.6. The van der Waals surface area contributed by atoms with Crippen LogP contribution < -0.4 is 4.90 Å². The molecule has 1 aliphatic carbocycles. The molecule has 0 saturated heterocycles. The zero-order valence-electron chi connectivity index (χ0n) is 20.3. The Labute approximate surface area is 197 Å². The number of aromatic nitrogens is 2. The maximum Gasteiger partial charge on any atom is 0.243 e. The number of likely N-dealkylation sites (N-methyl/N-ethyl adjacent to an activating group) is 1. The van der Waals surface area contributed by atoms with Gasteiger partial charge in [-0.05, 0) is 57.5 Å². The molecule has 8 heteroatoms. The smallest absolute Gasteiger partial charge is 0.243 e. The Morgan fingerprint density at radius 2 is 1.94 bits per heavy atom. The third-order valence-electron chi connectivity index (χ3n) is 6.12. The van der Waals surface area contributed by atoms with E-state index in [-0.39, 0.29) is 22.7 Å². The van der Waals surface area contributed by atoms with Crippen LogP contribution in [0.15, 0.2) is 59.3 Å². The second kappa shape index (κ2) is 9.81. The molecule has 0 saturated carbocycles. The maximum absolute atomic E-state index is 13.5. The minimum absolute atomic E-state index is 0.216. The van der Waals surface area contributed by atoms with Gasteiger partial charge >= 0.3 is 0 Å². The number of allylic oxidation sites excluding steroid dienone is 4. The summed E-state index contributed by atoms with van der Waals surface area (Å²) in [7, 11) is -3.67. The first kappa shape index (κ1) is 25.2. The fourth-order valence-electron chi connectivity index (χ4n) is 4.20. The molecule has 1 unspecified atom stereocenters. The van der Waals surface area contributed by atoms with Gasteiger partial charge in [0.05, 0.1) is 17.0 Å². The average molecular weight is 475 g/mol. The number of halogens is 1. The number of rotatable bonds is 10. The highest BCUT2D eigenvalue weighted by molar-refractivity contribution is 7.89. The monoisotopic (exact) mass is 474 g/mol. The van der Waals surface area contributed by atoms with Crippen molar-refractivity contribution in [3.05, 3.63) is 54.4 Å². The molecule has 33 heavy (non-hydrogen) atoms. The van der Waals surface area contributed by atoms with Crippen molar-refractivity contribution in [1.82, 2.24) is 14.1 Å². The van der Waals surface area contributed by atoms with Gasteiger partial charge in [-0.2, -0.15) is 9.40 Å². The Kier molecular flexibility index (Phi) is 7.49. The van der Waals surface area contributed by atoms with Crippen molar-refractivity contribution in [3.63, 3.8) is 0 Å². The van der Waals surface area contributed by atoms with Crippen LogP contribution in [-0.4, -0.2) is 48.7 Å². The predicted octanol–water partition coefficient (Wildman–Crippen LogP) is 5.29. The lowest BCUT2D eigenvalue weighted by Crippen LogP contribution is -2.32. The van der Waals surface area contributed by atoms with Gasteiger partial charge in [0.1, 0.15) is 5.83 Å². The van der Waals surface area contributed by atoms with E-state index in [1.807, 2.05) is 30.7 Å². The summed E-state index contributed by atoms with van der Waals surface area (Å²) in [6.45, 7) is 16.4. The van der Waals surface area contributed by atoms with Gasteiger partial charge in [-0.15, -0.1) is 0 Å². The van der Waals surface area contributed by atoms with Crippen molar-refractivity contribution in [1.29, 1.82) is 0 Å². The van der Waals surface area contributed by atoms with Gasteiger partial charge in [-0.3, -0.25) is 4.68 Å². The van der Waals surface area contributed by atoms with Crippen molar-refractivity contribution in [2.24, 2.45) is 5.41 Å². The van der Waals surface area contributed by atoms with E-state index in [1.165, 1.54) is 10.4 Å². The van der Waals surface area contributed by atoms with Crippen LogP contribution in [0.5, 0.6) is 0 Å². The number of hydrogen-bond acceptors (Lipinski definition) is 4. The molecule has 1 aliphatic rings. The molecule has 1 aromatic heterocycles. The lowest BCUT2D eigenvalue weighted by atomic mass is 9.83. The van der Waals surface area contributed by atoms with Crippen molar-refractivity contribution < 1.29 is 12.8 Å². The Balaban J connectivity index is 2.11. The normalized spacial score (nSPS) is 18.7. The Hall–Kier alpha value is -2.45. The molecule has 1 aromatic carbocycles. The van der Waals surface area contributed by atoms with Gasteiger partial charge in [0, 0.05) is 37.0 Å². The lowest BCUT2D eigenvalue weighted by molar-refractivity contribution is 0.340. The highest BCUT2D eigenvalue weighted by Gasteiger charge is 2.28. The van der Waals surface area contributed by atoms with Crippen molar-refractivity contribution in [2.45, 2.75) is 52.5 Å². The Bertz CT molecular complexity index is 1190. The summed E-state index contributed by atoms with van der Waals surface area (Å²) in [6, 6.07) is 5.23. The number of hydrogen-bond donors (Lipinski definition) is 0. The average Bonchev–Trinajstić information content (AvgIpc) is 3.12. The minimum atomic E-state index is -3.67. The highest BCUT2D eigenvalue weighted by atomic mass is 32.2. The van der Waals surface area contributed by atoms with Crippen LogP contribution in [-0.2, 0) is 16.6 Å². The van der Waals surface area contributed by atoms with E-state index in [2.05, 4.69) is 32.3 Å². The molecule has 0 fully saturated rings. The number of anilines is 1. The topological polar surface area (TPSA) is 58.4 Å². The van der Waals surface area contributed by atoms with Gasteiger partial charge in [0.2, 0.25) is 10.0 Å². The first-order chi connectivity index (χ1) is 15.5. The molecular formula is C25H35FN4O2S. The molecule has 180 valence electrons. The summed E-state index contributed by atoms with van der Waals surface area (Å²) >= 11 is 0. The second-order valence-corrected chi connectivity index (χ2v) is 10.9. The van der Waals surface area contributed by atoms with Crippen LogP contribution >= 0.6 is 0 Å². The van der Waals surface area contributed by atoms with Gasteiger partial charge < -0.3 is 4.90 Å². The third-order valence-corrected chi connectivity index (χ3v) is 8.04. The first-order valence-corrected chi connectivity index (χ1v) is 12.9. The van der Waals surface area contributed by atoms with E-state index in [9.17, 15) is 12.8 Å². The molecule has 0 spiro atoms. The van der Waals surface area contributed by atoms with Gasteiger partial charge in [-0.1, -0.05) is 32.1 Å². The fraction of sp³-hybridized carbons (Fsp3) is 0.480. The molecule has 3 rings (SSSR count). The van der Waals surface area contributed by atoms with Crippen molar-refractivity contribution in [3.8, 4) is 0 Å². The number of nitrogens with zero attached hydrogens (tertiary/aromatic N) is 4. The van der Waals surface area contributed by atoms with Crippen LogP contribution in [0.2, 0.25) is 0 Å². The maximum atomic E-state index is 13.5. The van der Waals surface area contributed by atoms with E-state index in [0.717, 1.165) is 35.4 Å². The predicted molar refractivity (Wildman–Crippen MR) is 134 cm³/mol. The SMILES string of the molecule is C=C(C)CN(CC)S(=O)(=O)c1ccc2c(c1)c(N(CC)CC)nn2CC1(C)C=CC(F)=CC1. The van der Waals surface area contributed by atoms with Gasteiger partial charge in [0.25, 0.3) is 0 Å². The summed E-state index contributed by atoms with van der Waals surface area (Å²) in [6.07, 6.45) is 5.58. The summed E-state index contributed by atoms with van der Waals surface area (Å²) in [4.78, 5) is 2.37. The van der Waals surface area contributed by atoms with Crippen LogP contribution in [0.1, 0.15) is 41.0 Å². The standard InChI is InChI=1S/C25H35FN4O2S/c1-7-28(8-2)24-22-16-21(33(31,32)29(9-3)17-19(4)5)10-11-23(22)30(27-24)18-25(6)14-12-20(26)13-15-25/h10-14,16H,4,7-9,15,17-18H2,1-3,5-6H3. The molecule has 0 amide bonds. The van der Waals surface area contributed by atoms with Crippen molar-refractivity contribution >= 4 is 26.7 Å². The Morgan fingerprint density at radius 1 is 1.24 bits per heavy atom. The quantitative estimate of drug-likeness (QED) is 0.439. The lowest BCUT2D eigenvalue weighted by Gasteiger charge is -2.27. The van der Waals surface area contributed by atoms with Crippen LogP contribution in [0, 0.1) is 5.41 Å². The minimum Gasteiger partial charge on any atom is -0.355 e. The molecular weight excluding hydrogens is 439 g/mol. The largest absolute Gasteiger partial charge is 0.355 e. The molecule has 2 aromatic rings. The summed E-state index contributed by atoms with van der Waals surface area (Å²) in [5.41, 5.74) is 1.38. The van der Waals surface area contributed by atoms with Crippen LogP contribution in [0.25, 0.3) is 10.9 Å². The fourth-order valence-corrected chi connectivity index (χ4v) is 5.74. The first-order valence-electron chi connectivity index (χ1n) is 11.5. The van der Waals surface area contributed by atoms with Gasteiger partial charge in [0.15, 0.2) is 5.82 Å². The van der Waals surface area contributed by atoms with E-state index in [4.69, 9.17) is 5.10 Å². The Morgan fingerprint density at radius 3 is 2.48 bits per heavy atom.